The molecule has 0 saturated heterocycles. The van der Waals surface area contributed by atoms with Crippen LogP contribution in [0.5, 0.6) is 0 Å². The van der Waals surface area contributed by atoms with Crippen LogP contribution in [0.1, 0.15) is 17.5 Å². The van der Waals surface area contributed by atoms with Gasteiger partial charge in [0.1, 0.15) is 12.2 Å². The van der Waals surface area contributed by atoms with Crippen molar-refractivity contribution in [2.75, 3.05) is 18.4 Å². The summed E-state index contributed by atoms with van der Waals surface area (Å²) in [6.45, 7) is 2.12. The number of pyridine rings is 1. The van der Waals surface area contributed by atoms with Gasteiger partial charge >= 0.3 is 6.18 Å². The minimum Gasteiger partial charge on any atom is -0.324 e. The Morgan fingerprint density at radius 2 is 1.77 bits per heavy atom. The van der Waals surface area contributed by atoms with Gasteiger partial charge in [-0.15, -0.1) is 10.5 Å². The monoisotopic (exact) mass is 613 g/mol. The molecule has 0 spiro atoms. The van der Waals surface area contributed by atoms with Gasteiger partial charge in [-0.25, -0.2) is 4.98 Å². The van der Waals surface area contributed by atoms with Crippen molar-refractivity contribution in [1.29, 1.82) is 0 Å². The van der Waals surface area contributed by atoms with Crippen molar-refractivity contribution in [2.24, 2.45) is 0 Å². The molecule has 1 atom stereocenters. The van der Waals surface area contributed by atoms with E-state index in [-0.39, 0.29) is 17.2 Å². The second kappa shape index (κ2) is 12.2. The Morgan fingerprint density at radius 1 is 1.00 bits per heavy atom. The predicted octanol–water partition coefficient (Wildman–Crippen LogP) is 7.57. The molecule has 2 aromatic heterocycles. The summed E-state index contributed by atoms with van der Waals surface area (Å²) in [5.41, 5.74) is 3.65. The summed E-state index contributed by atoms with van der Waals surface area (Å²) in [7, 11) is -0.454. The first-order valence-corrected chi connectivity index (χ1v) is 15.5. The molecule has 10 heteroatoms. The van der Waals surface area contributed by atoms with Crippen LogP contribution in [0, 0.1) is 6.92 Å². The number of aromatic nitrogens is 3. The number of nitrogens with zero attached hydrogens (tertiary/aromatic N) is 3. The zero-order valence-electron chi connectivity index (χ0n) is 24.0. The Balaban J connectivity index is 1.36. The van der Waals surface area contributed by atoms with Crippen LogP contribution in [0.4, 0.5) is 24.8 Å². The second-order valence-corrected chi connectivity index (χ2v) is 12.3. The van der Waals surface area contributed by atoms with Crippen LogP contribution in [0.2, 0.25) is 0 Å². The van der Waals surface area contributed by atoms with Crippen molar-refractivity contribution >= 4 is 44.6 Å². The van der Waals surface area contributed by atoms with Gasteiger partial charge in [-0.1, -0.05) is 48.3 Å². The summed E-state index contributed by atoms with van der Waals surface area (Å²) in [5.74, 6) is 4.40. The Morgan fingerprint density at radius 3 is 2.45 bits per heavy atom. The van der Waals surface area contributed by atoms with Crippen LogP contribution in [0.25, 0.3) is 27.7 Å². The molecule has 6 nitrogen and oxygen atoms in total. The number of benzene rings is 3. The number of hydrogen-bond donors (Lipinski definition) is 2. The van der Waals surface area contributed by atoms with E-state index in [2.05, 4.69) is 32.5 Å². The molecule has 3 aromatic carbocycles. The van der Waals surface area contributed by atoms with E-state index < -0.39 is 28.8 Å². The van der Waals surface area contributed by atoms with Crippen LogP contribution in [0.3, 0.4) is 0 Å². The van der Waals surface area contributed by atoms with E-state index in [0.717, 1.165) is 40.4 Å². The quantitative estimate of drug-likeness (QED) is 0.185. The zero-order chi connectivity index (χ0) is 30.8. The lowest BCUT2D eigenvalue weighted by Crippen LogP contribution is -2.30. The lowest BCUT2D eigenvalue weighted by Gasteiger charge is -2.17. The second-order valence-electron chi connectivity index (χ2n) is 10.6. The first-order chi connectivity index (χ1) is 21.2. The van der Waals surface area contributed by atoms with Gasteiger partial charge in [-0.2, -0.15) is 18.2 Å². The molecule has 0 aliphatic carbocycles. The summed E-state index contributed by atoms with van der Waals surface area (Å²) in [5, 5.41) is 6.68. The Hall–Kier alpha value is -4.54. The van der Waals surface area contributed by atoms with Crippen molar-refractivity contribution in [2.45, 2.75) is 35.9 Å². The van der Waals surface area contributed by atoms with Gasteiger partial charge in [-0.3, -0.25) is 9.36 Å². The van der Waals surface area contributed by atoms with Crippen molar-refractivity contribution in [3.05, 3.63) is 113 Å². The molecule has 3 heterocycles. The number of fused-ring (bicyclic) bond motifs is 1. The molecule has 1 aliphatic heterocycles. The van der Waals surface area contributed by atoms with Gasteiger partial charge in [-0.05, 0) is 84.6 Å². The van der Waals surface area contributed by atoms with E-state index in [0.29, 0.717) is 21.2 Å². The Kier molecular flexibility index (Phi) is 8.20. The number of aryl methyl sites for hydroxylation is 1. The SMILES string of the molecule is C=S(c1ccccc1)c1ccc(-c2cc3cnc(Nc4ccc(C5=CCNCC5)cc4)nc3n(CC(F)(F)F)c2=O)c(C)c1. The lowest BCUT2D eigenvalue weighted by molar-refractivity contribution is -0.140. The molecule has 5 aromatic rings. The molecule has 1 aliphatic rings. The van der Waals surface area contributed by atoms with Crippen LogP contribution in [-0.2, 0) is 6.54 Å². The largest absolute Gasteiger partial charge is 0.406 e. The van der Waals surface area contributed by atoms with Gasteiger partial charge in [0.15, 0.2) is 0 Å². The third-order valence-corrected chi connectivity index (χ3v) is 9.20. The molecule has 0 fully saturated rings. The number of hydrogen-bond acceptors (Lipinski definition) is 5. The topological polar surface area (TPSA) is 71.8 Å². The maximum atomic E-state index is 13.8. The van der Waals surface area contributed by atoms with Crippen LogP contribution >= 0.6 is 10.5 Å². The lowest BCUT2D eigenvalue weighted by atomic mass is 10.0. The van der Waals surface area contributed by atoms with Crippen LogP contribution < -0.4 is 16.2 Å². The smallest absolute Gasteiger partial charge is 0.324 e. The third kappa shape index (κ3) is 6.36. The molecule has 0 saturated carbocycles. The Labute approximate surface area is 255 Å². The molecule has 2 N–H and O–H groups in total. The zero-order valence-corrected chi connectivity index (χ0v) is 24.8. The molecular weight excluding hydrogens is 583 g/mol. The number of alkyl halides is 3. The summed E-state index contributed by atoms with van der Waals surface area (Å²) in [6, 6.07) is 24.7. The summed E-state index contributed by atoms with van der Waals surface area (Å²) < 4.78 is 42.0. The standard InChI is InChI=1S/C34H30F3N5OS/c1-22-18-28(44(2)27-6-4-3-5-7-27)12-13-29(22)30-19-25-20-39-33(41-31(25)42(32(30)43)21-34(35,36)37)40-26-10-8-23(9-11-26)24-14-16-38-17-15-24/h3-14,18-20,38H,2,15-17,21H2,1H3,(H,39,40,41). The van der Waals surface area contributed by atoms with E-state index in [1.807, 2.05) is 73.7 Å². The number of nitrogens with one attached hydrogen (secondary N) is 2. The minimum atomic E-state index is -4.64. The van der Waals surface area contributed by atoms with Crippen LogP contribution in [0.15, 0.2) is 106 Å². The fourth-order valence-corrected chi connectivity index (χ4v) is 6.64. The number of halogens is 3. The molecule has 0 radical (unpaired) electrons. The normalized spacial score (nSPS) is 14.3. The Bertz CT molecular complexity index is 1950. The van der Waals surface area contributed by atoms with Crippen molar-refractivity contribution in [1.82, 2.24) is 19.9 Å². The molecular formula is C34H30F3N5OS. The van der Waals surface area contributed by atoms with E-state index in [4.69, 9.17) is 0 Å². The molecule has 0 amide bonds. The first kappa shape index (κ1) is 29.5. The minimum absolute atomic E-state index is 0.0947. The number of rotatable bonds is 7. The van der Waals surface area contributed by atoms with Gasteiger partial charge in [0, 0.05) is 39.2 Å². The third-order valence-electron chi connectivity index (χ3n) is 7.54. The van der Waals surface area contributed by atoms with E-state index >= 15 is 0 Å². The molecule has 1 unspecified atom stereocenters. The maximum Gasteiger partial charge on any atom is 0.406 e. The number of anilines is 2. The first-order valence-electron chi connectivity index (χ1n) is 14.1. The van der Waals surface area contributed by atoms with Gasteiger partial charge < -0.3 is 10.6 Å². The fraction of sp³-hybridized carbons (Fsp3) is 0.176. The molecule has 0 bridgehead atoms. The maximum absolute atomic E-state index is 13.8. The van der Waals surface area contributed by atoms with Crippen molar-refractivity contribution in [3.63, 3.8) is 0 Å². The summed E-state index contributed by atoms with van der Waals surface area (Å²) >= 11 is 0. The highest BCUT2D eigenvalue weighted by atomic mass is 32.2. The molecule has 6 rings (SSSR count). The average molecular weight is 614 g/mol. The van der Waals surface area contributed by atoms with E-state index in [9.17, 15) is 18.0 Å². The molecule has 224 valence electrons. The van der Waals surface area contributed by atoms with Crippen molar-refractivity contribution < 1.29 is 13.2 Å². The highest BCUT2D eigenvalue weighted by Crippen LogP contribution is 2.36. The fourth-order valence-electron chi connectivity index (χ4n) is 5.33. The summed E-state index contributed by atoms with van der Waals surface area (Å²) in [6.07, 6.45) is -0.0937. The predicted molar refractivity (Wildman–Crippen MR) is 173 cm³/mol. The van der Waals surface area contributed by atoms with Crippen LogP contribution in [-0.4, -0.2) is 39.7 Å². The average Bonchev–Trinajstić information content (AvgIpc) is 3.03. The summed E-state index contributed by atoms with van der Waals surface area (Å²) in [4.78, 5) is 24.4. The highest BCUT2D eigenvalue weighted by molar-refractivity contribution is 8.14. The van der Waals surface area contributed by atoms with Crippen molar-refractivity contribution in [3.8, 4) is 11.1 Å². The van der Waals surface area contributed by atoms with Gasteiger partial charge in [0.2, 0.25) is 5.95 Å². The highest BCUT2D eigenvalue weighted by Gasteiger charge is 2.30. The van der Waals surface area contributed by atoms with E-state index in [1.54, 1.807) is 12.1 Å². The molecule has 44 heavy (non-hydrogen) atoms. The van der Waals surface area contributed by atoms with Gasteiger partial charge in [0.25, 0.3) is 5.56 Å². The van der Waals surface area contributed by atoms with E-state index in [1.165, 1.54) is 11.8 Å². The van der Waals surface area contributed by atoms with Gasteiger partial charge in [0.05, 0.1) is 0 Å².